The second kappa shape index (κ2) is 8.67. The van der Waals surface area contributed by atoms with Crippen LogP contribution in [0.5, 0.6) is 0 Å². The Morgan fingerprint density at radius 3 is 2.94 bits per heavy atom. The van der Waals surface area contributed by atoms with Crippen LogP contribution in [0.4, 0.5) is 0 Å². The van der Waals surface area contributed by atoms with E-state index in [1.54, 1.807) is 11.3 Å². The fourth-order valence-electron chi connectivity index (χ4n) is 1.35. The Balaban J connectivity index is 1.98. The Morgan fingerprint density at radius 2 is 2.25 bits per heavy atom. The number of nitrogens with one attached hydrogen (secondary N) is 1. The molecule has 0 radical (unpaired) electrons. The van der Waals surface area contributed by atoms with Crippen LogP contribution in [0, 0.1) is 0 Å². The lowest BCUT2D eigenvalue weighted by molar-refractivity contribution is 0.132. The lowest BCUT2D eigenvalue weighted by Crippen LogP contribution is -2.16. The molecule has 16 heavy (non-hydrogen) atoms. The van der Waals surface area contributed by atoms with Gasteiger partial charge in [0.15, 0.2) is 0 Å². The predicted molar refractivity (Wildman–Crippen MR) is 68.9 cm³/mol. The van der Waals surface area contributed by atoms with Gasteiger partial charge in [0.1, 0.15) is 0 Å². The van der Waals surface area contributed by atoms with Gasteiger partial charge in [-0.3, -0.25) is 0 Å². The van der Waals surface area contributed by atoms with Crippen molar-refractivity contribution in [3.05, 3.63) is 16.1 Å². The highest BCUT2D eigenvalue weighted by molar-refractivity contribution is 7.09. The average molecular weight is 242 g/mol. The van der Waals surface area contributed by atoms with Crippen molar-refractivity contribution in [2.45, 2.75) is 39.7 Å². The van der Waals surface area contributed by atoms with E-state index in [9.17, 15) is 0 Å². The summed E-state index contributed by atoms with van der Waals surface area (Å²) in [6.07, 6.45) is 3.21. The van der Waals surface area contributed by atoms with E-state index in [1.807, 2.05) is 0 Å². The molecule has 1 heterocycles. The first-order valence-electron chi connectivity index (χ1n) is 6.08. The highest BCUT2D eigenvalue weighted by Gasteiger charge is 1.98. The predicted octanol–water partition coefficient (Wildman–Crippen LogP) is 2.61. The van der Waals surface area contributed by atoms with Crippen molar-refractivity contribution in [1.29, 1.82) is 0 Å². The minimum atomic E-state index is 0.859. The molecule has 0 aliphatic heterocycles. The van der Waals surface area contributed by atoms with E-state index in [0.717, 1.165) is 51.3 Å². The lowest BCUT2D eigenvalue weighted by Gasteiger charge is -2.03. The largest absolute Gasteiger partial charge is 0.381 e. The molecule has 1 N–H and O–H groups in total. The number of thiazole rings is 1. The van der Waals surface area contributed by atoms with Crippen LogP contribution in [-0.4, -0.2) is 24.7 Å². The van der Waals surface area contributed by atoms with Gasteiger partial charge < -0.3 is 10.1 Å². The molecule has 0 aliphatic carbocycles. The Bertz CT molecular complexity index is 276. The van der Waals surface area contributed by atoms with Gasteiger partial charge in [0.25, 0.3) is 0 Å². The summed E-state index contributed by atoms with van der Waals surface area (Å²) in [6.45, 7) is 7.89. The first kappa shape index (κ1) is 13.6. The Hall–Kier alpha value is -0.450. The van der Waals surface area contributed by atoms with E-state index in [1.165, 1.54) is 5.01 Å². The molecule has 92 valence electrons. The molecule has 0 bridgehead atoms. The normalized spacial score (nSPS) is 10.9. The Kier molecular flexibility index (Phi) is 7.38. The summed E-state index contributed by atoms with van der Waals surface area (Å²) >= 11 is 1.75. The minimum Gasteiger partial charge on any atom is -0.381 e. The zero-order valence-electron chi connectivity index (χ0n) is 10.3. The second-order valence-electron chi connectivity index (χ2n) is 3.73. The van der Waals surface area contributed by atoms with Gasteiger partial charge in [-0.2, -0.15) is 0 Å². The van der Waals surface area contributed by atoms with Crippen LogP contribution in [0.25, 0.3) is 0 Å². The average Bonchev–Trinajstić information content (AvgIpc) is 2.76. The van der Waals surface area contributed by atoms with Crippen molar-refractivity contribution in [2.24, 2.45) is 0 Å². The number of hydrogen-bond donors (Lipinski definition) is 1. The summed E-state index contributed by atoms with van der Waals surface area (Å²) in [5, 5.41) is 6.74. The van der Waals surface area contributed by atoms with Crippen LogP contribution in [0.1, 0.15) is 37.4 Å². The van der Waals surface area contributed by atoms with Gasteiger partial charge in [0.05, 0.1) is 10.7 Å². The monoisotopic (exact) mass is 242 g/mol. The number of rotatable bonds is 9. The molecule has 1 rings (SSSR count). The molecule has 0 fully saturated rings. The second-order valence-corrected chi connectivity index (χ2v) is 4.67. The molecule has 0 aliphatic rings. The summed E-state index contributed by atoms with van der Waals surface area (Å²) < 4.78 is 5.40. The maximum absolute atomic E-state index is 5.40. The topological polar surface area (TPSA) is 34.1 Å². The highest BCUT2D eigenvalue weighted by Crippen LogP contribution is 2.09. The molecule has 1 aromatic heterocycles. The fraction of sp³-hybridized carbons (Fsp3) is 0.750. The SMILES string of the molecule is CCCOCCCNCc1csc(CC)n1. The smallest absolute Gasteiger partial charge is 0.0926 e. The maximum atomic E-state index is 5.40. The van der Waals surface area contributed by atoms with Gasteiger partial charge in [-0.1, -0.05) is 13.8 Å². The molecular weight excluding hydrogens is 220 g/mol. The first-order chi connectivity index (χ1) is 7.86. The number of aromatic nitrogens is 1. The molecule has 1 aromatic rings. The standard InChI is InChI=1S/C12H22N2OS/c1-3-7-15-8-5-6-13-9-11-10-16-12(4-2)14-11/h10,13H,3-9H2,1-2H3. The summed E-state index contributed by atoms with van der Waals surface area (Å²) in [5.41, 5.74) is 1.16. The van der Waals surface area contributed by atoms with E-state index in [-0.39, 0.29) is 0 Å². The molecule has 0 saturated heterocycles. The molecule has 0 spiro atoms. The van der Waals surface area contributed by atoms with Gasteiger partial charge in [-0.25, -0.2) is 4.98 Å². The Morgan fingerprint density at radius 1 is 1.38 bits per heavy atom. The van der Waals surface area contributed by atoms with Crippen LogP contribution in [0.2, 0.25) is 0 Å². The molecular formula is C12H22N2OS. The molecule has 3 nitrogen and oxygen atoms in total. The maximum Gasteiger partial charge on any atom is 0.0926 e. The van der Waals surface area contributed by atoms with E-state index in [4.69, 9.17) is 4.74 Å². The van der Waals surface area contributed by atoms with Crippen LogP contribution in [0.15, 0.2) is 5.38 Å². The first-order valence-corrected chi connectivity index (χ1v) is 6.96. The van der Waals surface area contributed by atoms with Crippen molar-refractivity contribution < 1.29 is 4.74 Å². The molecule has 4 heteroatoms. The van der Waals surface area contributed by atoms with Gasteiger partial charge in [0, 0.05) is 25.1 Å². The number of ether oxygens (including phenoxy) is 1. The van der Waals surface area contributed by atoms with Crippen molar-refractivity contribution in [2.75, 3.05) is 19.8 Å². The van der Waals surface area contributed by atoms with Crippen molar-refractivity contribution in [3.8, 4) is 0 Å². The summed E-state index contributed by atoms with van der Waals surface area (Å²) in [4.78, 5) is 4.50. The van der Waals surface area contributed by atoms with E-state index < -0.39 is 0 Å². The molecule has 0 atom stereocenters. The third kappa shape index (κ3) is 5.58. The number of hydrogen-bond acceptors (Lipinski definition) is 4. The minimum absolute atomic E-state index is 0.859. The molecule has 0 unspecified atom stereocenters. The van der Waals surface area contributed by atoms with Crippen LogP contribution in [0.3, 0.4) is 0 Å². The lowest BCUT2D eigenvalue weighted by atomic mass is 10.4. The summed E-state index contributed by atoms with van der Waals surface area (Å²) in [5.74, 6) is 0. The zero-order chi connectivity index (χ0) is 11.6. The number of nitrogens with zero attached hydrogens (tertiary/aromatic N) is 1. The van der Waals surface area contributed by atoms with Gasteiger partial charge >= 0.3 is 0 Å². The molecule has 0 amide bonds. The molecule has 0 saturated carbocycles. The summed E-state index contributed by atoms with van der Waals surface area (Å²) in [7, 11) is 0. The summed E-state index contributed by atoms with van der Waals surface area (Å²) in [6, 6.07) is 0. The van der Waals surface area contributed by atoms with Crippen molar-refractivity contribution in [1.82, 2.24) is 10.3 Å². The van der Waals surface area contributed by atoms with E-state index >= 15 is 0 Å². The fourth-order valence-corrected chi connectivity index (χ4v) is 2.10. The van der Waals surface area contributed by atoms with Gasteiger partial charge in [-0.05, 0) is 25.8 Å². The number of aryl methyl sites for hydroxylation is 1. The molecule has 0 aromatic carbocycles. The Labute approximate surface area is 102 Å². The quantitative estimate of drug-likeness (QED) is 0.676. The van der Waals surface area contributed by atoms with Crippen LogP contribution >= 0.6 is 11.3 Å². The van der Waals surface area contributed by atoms with Gasteiger partial charge in [0.2, 0.25) is 0 Å². The van der Waals surface area contributed by atoms with E-state index in [0.29, 0.717) is 0 Å². The van der Waals surface area contributed by atoms with Crippen LogP contribution in [-0.2, 0) is 17.7 Å². The van der Waals surface area contributed by atoms with Crippen LogP contribution < -0.4 is 5.32 Å². The van der Waals surface area contributed by atoms with E-state index in [2.05, 4.69) is 29.5 Å². The highest BCUT2D eigenvalue weighted by atomic mass is 32.1. The third-order valence-electron chi connectivity index (χ3n) is 2.20. The van der Waals surface area contributed by atoms with Gasteiger partial charge in [-0.15, -0.1) is 11.3 Å². The van der Waals surface area contributed by atoms with Crippen molar-refractivity contribution >= 4 is 11.3 Å². The van der Waals surface area contributed by atoms with Crippen molar-refractivity contribution in [3.63, 3.8) is 0 Å². The third-order valence-corrected chi connectivity index (χ3v) is 3.24. The zero-order valence-corrected chi connectivity index (χ0v) is 11.1.